The first-order valence-electron chi connectivity index (χ1n) is 15.9. The van der Waals surface area contributed by atoms with Gasteiger partial charge in [0.2, 0.25) is 0 Å². The number of benzene rings is 2. The van der Waals surface area contributed by atoms with Gasteiger partial charge in [0.15, 0.2) is 0 Å². The van der Waals surface area contributed by atoms with E-state index in [1.54, 1.807) is 12.8 Å². The van der Waals surface area contributed by atoms with Gasteiger partial charge in [0.05, 0.1) is 0 Å². The molecule has 42 heavy (non-hydrogen) atoms. The Bertz CT molecular complexity index is 860. The third-order valence-corrected chi connectivity index (χ3v) is 14.9. The third kappa shape index (κ3) is 11.0. The molecule has 0 bridgehead atoms. The first-order chi connectivity index (χ1) is 20.2. The molecule has 4 fully saturated rings. The molecule has 224 valence electrons. The molecule has 0 aliphatic heterocycles. The van der Waals surface area contributed by atoms with Crippen molar-refractivity contribution in [2.45, 2.75) is 95.0 Å². The van der Waals surface area contributed by atoms with Gasteiger partial charge in [0.1, 0.15) is 0 Å². The average molecular weight is 641 g/mol. The molecule has 0 heterocycles. The van der Waals surface area contributed by atoms with Gasteiger partial charge in [-0.3, -0.25) is 0 Å². The van der Waals surface area contributed by atoms with Crippen LogP contribution in [0.15, 0.2) is 60.7 Å². The minimum Gasteiger partial charge on any atom is -0.397 e. The zero-order valence-corrected chi connectivity index (χ0v) is 28.5. The molecule has 1 N–H and O–H groups in total. The molecule has 0 saturated heterocycles. The minimum atomic E-state index is -0.491. The topological polar surface area (TPSA) is 20.2 Å². The Kier molecular flexibility index (Phi) is 17.9. The number of hydrogen-bond acceptors (Lipinski definition) is 1. The fraction of sp³-hybridized carbons (Fsp3) is 0.421. The van der Waals surface area contributed by atoms with E-state index in [1.165, 1.54) is 80.5 Å². The smallest absolute Gasteiger partial charge is 0.397 e. The minimum absolute atomic E-state index is 0. The van der Waals surface area contributed by atoms with Crippen molar-refractivity contribution in [2.24, 2.45) is 0 Å². The van der Waals surface area contributed by atoms with Crippen molar-refractivity contribution in [1.82, 2.24) is 0 Å². The predicted molar refractivity (Wildman–Crippen MR) is 183 cm³/mol. The standard InChI is InChI=1S/C31H39P2.C5H5.C2H6O.Fe/c1-25(32(27-14-6-2-7-15-27)28-16-8-3-9-17-28)26-22-23-31(24-26)33(29-18-10-4-11-19-29)30-20-12-5-13-21-30;1-2-4-5-3-1;1-2-3;/h4-5,10-13,18-25,27-28H,2-3,6-9,14-17H2,1H3;1-5H;3H,2H2,1H3;/q;;;+2/t25-;;;/m1.../s1. The normalized spacial score (nSPS) is 21.3. The van der Waals surface area contributed by atoms with Crippen LogP contribution in [0.2, 0.25) is 0 Å². The summed E-state index contributed by atoms with van der Waals surface area (Å²) >= 11 is 0. The summed E-state index contributed by atoms with van der Waals surface area (Å²) < 4.78 is 0. The van der Waals surface area contributed by atoms with E-state index in [1.807, 2.05) is 32.1 Å². The van der Waals surface area contributed by atoms with E-state index in [2.05, 4.69) is 86.8 Å². The Morgan fingerprint density at radius 2 is 1.07 bits per heavy atom. The molecule has 2 aromatic rings. The van der Waals surface area contributed by atoms with E-state index in [4.69, 9.17) is 5.11 Å². The van der Waals surface area contributed by atoms with Crippen LogP contribution < -0.4 is 10.6 Å². The molecule has 0 unspecified atom stereocenters. The van der Waals surface area contributed by atoms with E-state index in [0.29, 0.717) is 0 Å². The van der Waals surface area contributed by atoms with Crippen molar-refractivity contribution >= 4 is 26.5 Å². The van der Waals surface area contributed by atoms with Gasteiger partial charge in [0, 0.05) is 12.3 Å². The Hall–Kier alpha value is -0.221. The molecule has 6 rings (SSSR count). The second-order valence-corrected chi connectivity index (χ2v) is 16.7. The van der Waals surface area contributed by atoms with Crippen molar-refractivity contribution in [2.75, 3.05) is 6.61 Å². The third-order valence-electron chi connectivity index (χ3n) is 8.53. The van der Waals surface area contributed by atoms with Crippen LogP contribution in [0.3, 0.4) is 0 Å². The van der Waals surface area contributed by atoms with Crippen molar-refractivity contribution in [3.63, 3.8) is 0 Å². The van der Waals surface area contributed by atoms with Gasteiger partial charge in [-0.05, 0) is 125 Å². The fourth-order valence-corrected chi connectivity index (χ4v) is 13.3. The summed E-state index contributed by atoms with van der Waals surface area (Å²) in [5.41, 5.74) is 4.29. The van der Waals surface area contributed by atoms with E-state index < -0.39 is 7.92 Å². The monoisotopic (exact) mass is 640 g/mol. The van der Waals surface area contributed by atoms with Crippen LogP contribution in [0.25, 0.3) is 0 Å². The number of aliphatic hydroxyl groups is 1. The number of rotatable bonds is 7. The van der Waals surface area contributed by atoms with Gasteiger partial charge in [-0.15, -0.1) is 0 Å². The molecule has 1 atom stereocenters. The van der Waals surface area contributed by atoms with Crippen LogP contribution in [0, 0.1) is 62.9 Å². The van der Waals surface area contributed by atoms with Gasteiger partial charge in [0.25, 0.3) is 0 Å². The average Bonchev–Trinajstić information content (AvgIpc) is 3.77. The van der Waals surface area contributed by atoms with Crippen molar-refractivity contribution < 1.29 is 22.2 Å². The second kappa shape index (κ2) is 20.7. The molecule has 4 aliphatic carbocycles. The Morgan fingerprint density at radius 3 is 1.48 bits per heavy atom. The summed E-state index contributed by atoms with van der Waals surface area (Å²) in [6.45, 7) is 4.53. The summed E-state index contributed by atoms with van der Waals surface area (Å²) in [4.78, 5) is 0. The zero-order valence-electron chi connectivity index (χ0n) is 25.6. The molecule has 1 nitrogen and oxygen atoms in total. The van der Waals surface area contributed by atoms with Gasteiger partial charge in [-0.25, -0.2) is 0 Å². The SMILES string of the molecule is CCO.C[C@H]([C]1[CH][CH][C](P(c2ccccc2)c2ccccc2)[CH]1)P(C1CCCCC1)C1CCCCC1.[CH]1[CH][CH][CH][CH]1.[Fe+2]. The first kappa shape index (κ1) is 36.2. The molecule has 4 heteroatoms. The van der Waals surface area contributed by atoms with E-state index >= 15 is 0 Å². The van der Waals surface area contributed by atoms with Crippen LogP contribution in [0.4, 0.5) is 0 Å². The summed E-state index contributed by atoms with van der Waals surface area (Å²) in [5, 5.41) is 10.5. The summed E-state index contributed by atoms with van der Waals surface area (Å²) in [5.74, 6) is 1.63. The van der Waals surface area contributed by atoms with Crippen LogP contribution in [-0.2, 0) is 17.1 Å². The van der Waals surface area contributed by atoms with Crippen LogP contribution in [0.5, 0.6) is 0 Å². The predicted octanol–water partition coefficient (Wildman–Crippen LogP) is 9.41. The van der Waals surface area contributed by atoms with E-state index in [0.717, 1.165) is 17.0 Å². The van der Waals surface area contributed by atoms with Gasteiger partial charge in [-0.1, -0.05) is 114 Å². The zero-order chi connectivity index (χ0) is 28.7. The Balaban J connectivity index is 0.000000473. The van der Waals surface area contributed by atoms with Gasteiger partial charge in [-0.2, -0.15) is 0 Å². The van der Waals surface area contributed by atoms with Gasteiger partial charge < -0.3 is 5.11 Å². The summed E-state index contributed by atoms with van der Waals surface area (Å²) in [6.07, 6.45) is 32.4. The molecule has 0 spiro atoms. The summed E-state index contributed by atoms with van der Waals surface area (Å²) in [6, 6.07) is 22.4. The quantitative estimate of drug-likeness (QED) is 0.236. The molecule has 4 aliphatic rings. The van der Waals surface area contributed by atoms with Crippen LogP contribution in [0.1, 0.15) is 78.1 Å². The van der Waals surface area contributed by atoms with Gasteiger partial charge >= 0.3 is 17.1 Å². The summed E-state index contributed by atoms with van der Waals surface area (Å²) in [7, 11) is -0.433. The molecule has 0 aromatic heterocycles. The molecule has 2 aromatic carbocycles. The first-order valence-corrected chi connectivity index (χ1v) is 18.8. The van der Waals surface area contributed by atoms with E-state index in [-0.39, 0.29) is 31.6 Å². The molecular weight excluding hydrogens is 590 g/mol. The van der Waals surface area contributed by atoms with E-state index in [9.17, 15) is 0 Å². The Morgan fingerprint density at radius 1 is 0.667 bits per heavy atom. The molecule has 0 amide bonds. The van der Waals surface area contributed by atoms with Crippen molar-refractivity contribution in [3.8, 4) is 0 Å². The Labute approximate surface area is 272 Å². The number of hydrogen-bond donors (Lipinski definition) is 1. The fourth-order valence-electron chi connectivity index (χ4n) is 6.63. The maximum atomic E-state index is 7.57. The second-order valence-electron chi connectivity index (χ2n) is 11.4. The van der Waals surface area contributed by atoms with Crippen molar-refractivity contribution in [1.29, 1.82) is 0 Å². The molecule has 4 saturated carbocycles. The number of aliphatic hydroxyl groups excluding tert-OH is 1. The largest absolute Gasteiger partial charge is 2.00 e. The van der Waals surface area contributed by atoms with Crippen molar-refractivity contribution in [3.05, 3.63) is 124 Å². The maximum absolute atomic E-state index is 7.57. The van der Waals surface area contributed by atoms with Crippen LogP contribution in [-0.4, -0.2) is 28.7 Å². The maximum Gasteiger partial charge on any atom is 2.00 e. The van der Waals surface area contributed by atoms with Crippen LogP contribution >= 0.6 is 15.8 Å². The molecular formula is C38H50FeOP2+2. The molecule has 10 radical (unpaired) electrons.